The first-order valence-corrected chi connectivity index (χ1v) is 12.1. The second-order valence-electron chi connectivity index (χ2n) is 7.19. The van der Waals surface area contributed by atoms with E-state index in [0.717, 1.165) is 32.3 Å². The first-order valence-electron chi connectivity index (χ1n) is 10.5. The lowest BCUT2D eigenvalue weighted by Gasteiger charge is -2.17. The number of rotatable bonds is 10. The van der Waals surface area contributed by atoms with Crippen molar-refractivity contribution in [2.75, 3.05) is 20.3 Å². The second kappa shape index (κ2) is 11.9. The Balaban J connectivity index is 1.92. The SMILES string of the molecule is C=CCc1cc(/C=C2\SC(=O)N(CC(=O)OC)C2=O)cc(OCC)c1OCc1ccc(Br)cc1. The summed E-state index contributed by atoms with van der Waals surface area (Å²) in [7, 11) is 1.20. The molecule has 3 rings (SSSR count). The summed E-state index contributed by atoms with van der Waals surface area (Å²) in [5.74, 6) is -0.0819. The van der Waals surface area contributed by atoms with Crippen LogP contribution in [0.1, 0.15) is 23.6 Å². The molecule has 0 radical (unpaired) electrons. The van der Waals surface area contributed by atoms with Crippen LogP contribution in [0.25, 0.3) is 6.08 Å². The number of benzene rings is 2. The maximum absolute atomic E-state index is 12.7. The molecule has 2 aromatic rings. The normalized spacial score (nSPS) is 14.4. The van der Waals surface area contributed by atoms with E-state index in [1.807, 2.05) is 37.3 Å². The van der Waals surface area contributed by atoms with Crippen molar-refractivity contribution in [3.63, 3.8) is 0 Å². The molecular formula is C25H24BrNO6S. The molecule has 9 heteroatoms. The Morgan fingerprint density at radius 2 is 1.91 bits per heavy atom. The number of imide groups is 1. The third-order valence-corrected chi connectivity index (χ3v) is 6.24. The number of thioether (sulfide) groups is 1. The molecule has 0 N–H and O–H groups in total. The molecule has 0 aromatic heterocycles. The van der Waals surface area contributed by atoms with E-state index in [0.29, 0.717) is 36.7 Å². The molecule has 0 unspecified atom stereocenters. The number of nitrogens with zero attached hydrogens (tertiary/aromatic N) is 1. The number of esters is 1. The molecule has 0 saturated carbocycles. The van der Waals surface area contributed by atoms with Crippen molar-refractivity contribution in [2.45, 2.75) is 20.0 Å². The van der Waals surface area contributed by atoms with Crippen molar-refractivity contribution >= 4 is 50.9 Å². The maximum Gasteiger partial charge on any atom is 0.325 e. The third-order valence-electron chi connectivity index (χ3n) is 4.80. The largest absolute Gasteiger partial charge is 0.490 e. The zero-order valence-electron chi connectivity index (χ0n) is 18.8. The fourth-order valence-electron chi connectivity index (χ4n) is 3.22. The Labute approximate surface area is 210 Å². The van der Waals surface area contributed by atoms with Gasteiger partial charge in [-0.1, -0.05) is 34.1 Å². The average Bonchev–Trinajstić information content (AvgIpc) is 3.07. The lowest BCUT2D eigenvalue weighted by Crippen LogP contribution is -2.34. The van der Waals surface area contributed by atoms with Gasteiger partial charge < -0.3 is 14.2 Å². The van der Waals surface area contributed by atoms with E-state index in [4.69, 9.17) is 9.47 Å². The molecule has 1 heterocycles. The van der Waals surface area contributed by atoms with Crippen molar-refractivity contribution in [2.24, 2.45) is 0 Å². The highest BCUT2D eigenvalue weighted by Gasteiger charge is 2.36. The summed E-state index contributed by atoms with van der Waals surface area (Å²) in [4.78, 5) is 37.5. The monoisotopic (exact) mass is 545 g/mol. The number of carbonyl (C=O) groups is 3. The molecule has 0 aliphatic carbocycles. The number of hydrogen-bond donors (Lipinski definition) is 0. The van der Waals surface area contributed by atoms with Crippen LogP contribution in [0.3, 0.4) is 0 Å². The van der Waals surface area contributed by atoms with Crippen LogP contribution in [0, 0.1) is 0 Å². The van der Waals surface area contributed by atoms with Gasteiger partial charge in [0.2, 0.25) is 0 Å². The zero-order valence-corrected chi connectivity index (χ0v) is 21.2. The Morgan fingerprint density at radius 1 is 1.18 bits per heavy atom. The van der Waals surface area contributed by atoms with Crippen LogP contribution in [-0.4, -0.2) is 42.3 Å². The summed E-state index contributed by atoms with van der Waals surface area (Å²) < 4.78 is 17.5. The van der Waals surface area contributed by atoms with E-state index in [2.05, 4.69) is 27.2 Å². The highest BCUT2D eigenvalue weighted by Crippen LogP contribution is 2.37. The van der Waals surface area contributed by atoms with E-state index in [-0.39, 0.29) is 4.91 Å². The lowest BCUT2D eigenvalue weighted by molar-refractivity contribution is -0.143. The van der Waals surface area contributed by atoms with Crippen molar-refractivity contribution in [3.05, 3.63) is 75.1 Å². The van der Waals surface area contributed by atoms with Crippen LogP contribution >= 0.6 is 27.7 Å². The summed E-state index contributed by atoms with van der Waals surface area (Å²) in [5, 5.41) is -0.521. The summed E-state index contributed by atoms with van der Waals surface area (Å²) in [6.07, 6.45) is 3.88. The van der Waals surface area contributed by atoms with Gasteiger partial charge in [0.15, 0.2) is 11.5 Å². The minimum Gasteiger partial charge on any atom is -0.490 e. The Morgan fingerprint density at radius 3 is 2.56 bits per heavy atom. The van der Waals surface area contributed by atoms with Gasteiger partial charge in [0.05, 0.1) is 18.6 Å². The highest BCUT2D eigenvalue weighted by atomic mass is 79.9. The standard InChI is InChI=1S/C25H24BrNO6S/c1-4-6-18-11-17(13-21-24(29)27(25(30)34-21)14-22(28)31-3)12-20(32-5-2)23(18)33-15-16-7-9-19(26)10-8-16/h4,7-13H,1,5-6,14-15H2,2-3H3/b21-13-. The fraction of sp³-hybridized carbons (Fsp3) is 0.240. The molecule has 0 atom stereocenters. The lowest BCUT2D eigenvalue weighted by atomic mass is 10.0. The van der Waals surface area contributed by atoms with Gasteiger partial charge in [-0.3, -0.25) is 19.3 Å². The van der Waals surface area contributed by atoms with Crippen LogP contribution in [0.5, 0.6) is 11.5 Å². The molecule has 1 aliphatic rings. The smallest absolute Gasteiger partial charge is 0.325 e. The molecule has 0 bridgehead atoms. The molecule has 0 spiro atoms. The molecule has 2 amide bonds. The van der Waals surface area contributed by atoms with Gasteiger partial charge >= 0.3 is 5.97 Å². The van der Waals surface area contributed by atoms with Gasteiger partial charge in [-0.05, 0) is 66.6 Å². The highest BCUT2D eigenvalue weighted by molar-refractivity contribution is 9.10. The van der Waals surface area contributed by atoms with Crippen molar-refractivity contribution in [1.29, 1.82) is 0 Å². The van der Waals surface area contributed by atoms with E-state index in [1.165, 1.54) is 7.11 Å². The number of halogens is 1. The molecule has 2 aromatic carbocycles. The molecule has 178 valence electrons. The first kappa shape index (κ1) is 25.6. The van der Waals surface area contributed by atoms with Gasteiger partial charge in [0.1, 0.15) is 13.2 Å². The Hall–Kier alpha value is -3.04. The second-order valence-corrected chi connectivity index (χ2v) is 9.10. The van der Waals surface area contributed by atoms with Gasteiger partial charge in [-0.25, -0.2) is 0 Å². The molecule has 1 fully saturated rings. The first-order chi connectivity index (χ1) is 16.4. The number of allylic oxidation sites excluding steroid dienone is 1. The van der Waals surface area contributed by atoms with Crippen molar-refractivity contribution in [3.8, 4) is 11.5 Å². The minimum atomic E-state index is -0.664. The maximum atomic E-state index is 12.7. The van der Waals surface area contributed by atoms with E-state index >= 15 is 0 Å². The number of amides is 2. The Bertz CT molecular complexity index is 1130. The quantitative estimate of drug-likeness (QED) is 0.225. The molecule has 1 aliphatic heterocycles. The minimum absolute atomic E-state index is 0.212. The summed E-state index contributed by atoms with van der Waals surface area (Å²) in [6, 6.07) is 11.5. The van der Waals surface area contributed by atoms with Crippen LogP contribution in [0.2, 0.25) is 0 Å². The van der Waals surface area contributed by atoms with Crippen LogP contribution in [-0.2, 0) is 27.4 Å². The average molecular weight is 546 g/mol. The van der Waals surface area contributed by atoms with Gasteiger partial charge in [0, 0.05) is 10.0 Å². The van der Waals surface area contributed by atoms with Crippen molar-refractivity contribution < 1.29 is 28.6 Å². The van der Waals surface area contributed by atoms with Crippen LogP contribution in [0.4, 0.5) is 4.79 Å². The van der Waals surface area contributed by atoms with Gasteiger partial charge in [0.25, 0.3) is 11.1 Å². The molecule has 1 saturated heterocycles. The van der Waals surface area contributed by atoms with E-state index in [9.17, 15) is 14.4 Å². The van der Waals surface area contributed by atoms with Crippen LogP contribution < -0.4 is 9.47 Å². The summed E-state index contributed by atoms with van der Waals surface area (Å²) in [6.45, 7) is 6.05. The van der Waals surface area contributed by atoms with Crippen LogP contribution in [0.15, 0.2) is 58.4 Å². The predicted octanol–water partition coefficient (Wildman–Crippen LogP) is 5.36. The van der Waals surface area contributed by atoms with Gasteiger partial charge in [-0.15, -0.1) is 6.58 Å². The van der Waals surface area contributed by atoms with Gasteiger partial charge in [-0.2, -0.15) is 0 Å². The molecular weight excluding hydrogens is 522 g/mol. The number of hydrogen-bond acceptors (Lipinski definition) is 7. The fourth-order valence-corrected chi connectivity index (χ4v) is 4.32. The number of ether oxygens (including phenoxy) is 3. The number of methoxy groups -OCH3 is 1. The number of carbonyl (C=O) groups excluding carboxylic acids is 3. The van der Waals surface area contributed by atoms with E-state index in [1.54, 1.807) is 18.2 Å². The molecule has 7 nitrogen and oxygen atoms in total. The Kier molecular flexibility index (Phi) is 8.95. The topological polar surface area (TPSA) is 82.1 Å². The van der Waals surface area contributed by atoms with E-state index < -0.39 is 23.7 Å². The predicted molar refractivity (Wildman–Crippen MR) is 135 cm³/mol. The summed E-state index contributed by atoms with van der Waals surface area (Å²) in [5.41, 5.74) is 2.50. The van der Waals surface area contributed by atoms with Crippen molar-refractivity contribution in [1.82, 2.24) is 4.90 Å². The zero-order chi connectivity index (χ0) is 24.7. The third kappa shape index (κ3) is 6.30. The molecule has 34 heavy (non-hydrogen) atoms. The summed E-state index contributed by atoms with van der Waals surface area (Å²) >= 11 is 4.20.